The molecule has 0 heterocycles. The molecule has 0 spiro atoms. The monoisotopic (exact) mass is 402 g/mol. The Kier molecular flexibility index (Phi) is 5.45. The standard InChI is InChI=1S/C24H18O4S/c25-11-15-1-7-21-17(9-15)3-5-19(13-27)23(21)29-24-20(14-28)6-4-18-10-16(12-26)2-8-22(18)24/h1-10,13-14,25-26H,11-12H2. The highest BCUT2D eigenvalue weighted by Crippen LogP contribution is 2.41. The average Bonchev–Trinajstić information content (AvgIpc) is 2.78. The van der Waals surface area contributed by atoms with E-state index in [4.69, 9.17) is 0 Å². The van der Waals surface area contributed by atoms with Gasteiger partial charge < -0.3 is 10.2 Å². The highest BCUT2D eigenvalue weighted by molar-refractivity contribution is 8.00. The van der Waals surface area contributed by atoms with Crippen molar-refractivity contribution in [1.29, 1.82) is 0 Å². The third kappa shape index (κ3) is 3.56. The predicted octanol–water partition coefficient (Wildman–Crippen LogP) is 4.75. The van der Waals surface area contributed by atoms with Gasteiger partial charge in [0.05, 0.1) is 13.2 Å². The second-order valence-electron chi connectivity index (χ2n) is 6.73. The molecule has 29 heavy (non-hydrogen) atoms. The van der Waals surface area contributed by atoms with Crippen LogP contribution in [0.5, 0.6) is 0 Å². The molecule has 144 valence electrons. The molecule has 4 rings (SSSR count). The summed E-state index contributed by atoms with van der Waals surface area (Å²) < 4.78 is 0. The molecule has 0 fully saturated rings. The fourth-order valence-corrected chi connectivity index (χ4v) is 4.71. The van der Waals surface area contributed by atoms with Crippen molar-refractivity contribution in [2.45, 2.75) is 23.0 Å². The van der Waals surface area contributed by atoms with E-state index >= 15 is 0 Å². The van der Waals surface area contributed by atoms with Gasteiger partial charge in [-0.05, 0) is 56.9 Å². The van der Waals surface area contributed by atoms with Crippen molar-refractivity contribution < 1.29 is 19.8 Å². The number of benzene rings is 4. The van der Waals surface area contributed by atoms with Crippen LogP contribution in [0.15, 0.2) is 70.5 Å². The molecule has 4 aromatic carbocycles. The first-order valence-corrected chi connectivity index (χ1v) is 9.91. The molecule has 0 saturated carbocycles. The van der Waals surface area contributed by atoms with E-state index in [2.05, 4.69) is 0 Å². The SMILES string of the molecule is O=Cc1ccc2cc(CO)ccc2c1Sc1c(C=O)ccc2cc(CO)ccc12. The summed E-state index contributed by atoms with van der Waals surface area (Å²) in [5.41, 5.74) is 2.67. The summed E-state index contributed by atoms with van der Waals surface area (Å²) in [7, 11) is 0. The van der Waals surface area contributed by atoms with E-state index in [1.54, 1.807) is 12.1 Å². The number of aliphatic hydroxyl groups is 2. The number of hydrogen-bond donors (Lipinski definition) is 2. The summed E-state index contributed by atoms with van der Waals surface area (Å²) in [5.74, 6) is 0. The summed E-state index contributed by atoms with van der Waals surface area (Å²) in [6.45, 7) is -0.112. The normalized spacial score (nSPS) is 11.1. The van der Waals surface area contributed by atoms with Gasteiger partial charge in [0.2, 0.25) is 0 Å². The Balaban J connectivity index is 1.95. The Morgan fingerprint density at radius 1 is 0.655 bits per heavy atom. The molecule has 0 aliphatic heterocycles. The van der Waals surface area contributed by atoms with Crippen molar-refractivity contribution in [3.63, 3.8) is 0 Å². The van der Waals surface area contributed by atoms with Gasteiger partial charge in [0.1, 0.15) is 0 Å². The predicted molar refractivity (Wildman–Crippen MR) is 115 cm³/mol. The minimum Gasteiger partial charge on any atom is -0.392 e. The summed E-state index contributed by atoms with van der Waals surface area (Å²) in [6, 6.07) is 18.5. The van der Waals surface area contributed by atoms with Crippen LogP contribution in [0.2, 0.25) is 0 Å². The lowest BCUT2D eigenvalue weighted by molar-refractivity contribution is 0.111. The molecule has 5 heteroatoms. The Morgan fingerprint density at radius 3 is 1.48 bits per heavy atom. The second kappa shape index (κ2) is 8.17. The Bertz CT molecular complexity index is 1150. The topological polar surface area (TPSA) is 74.6 Å². The molecular weight excluding hydrogens is 384 g/mol. The van der Waals surface area contributed by atoms with Gasteiger partial charge in [0, 0.05) is 20.9 Å². The zero-order valence-corrected chi connectivity index (χ0v) is 16.3. The first-order valence-electron chi connectivity index (χ1n) is 9.09. The summed E-state index contributed by atoms with van der Waals surface area (Å²) in [5, 5.41) is 22.4. The van der Waals surface area contributed by atoms with Crippen LogP contribution in [-0.4, -0.2) is 22.8 Å². The fourth-order valence-electron chi connectivity index (χ4n) is 3.45. The molecule has 4 aromatic rings. The number of hydrogen-bond acceptors (Lipinski definition) is 5. The van der Waals surface area contributed by atoms with Crippen LogP contribution >= 0.6 is 11.8 Å². The highest BCUT2D eigenvalue weighted by Gasteiger charge is 2.15. The largest absolute Gasteiger partial charge is 0.392 e. The third-order valence-corrected chi connectivity index (χ3v) is 6.27. The van der Waals surface area contributed by atoms with Crippen LogP contribution in [-0.2, 0) is 13.2 Å². The average molecular weight is 402 g/mol. The van der Waals surface area contributed by atoms with Gasteiger partial charge in [-0.1, -0.05) is 48.2 Å². The van der Waals surface area contributed by atoms with Crippen LogP contribution in [0.4, 0.5) is 0 Å². The molecule has 0 aliphatic carbocycles. The van der Waals surface area contributed by atoms with E-state index in [1.807, 2.05) is 48.5 Å². The summed E-state index contributed by atoms with van der Waals surface area (Å²) >= 11 is 1.39. The van der Waals surface area contributed by atoms with Crippen molar-refractivity contribution in [1.82, 2.24) is 0 Å². The first kappa shape index (κ1) is 19.3. The van der Waals surface area contributed by atoms with E-state index in [0.717, 1.165) is 55.0 Å². The molecule has 4 nitrogen and oxygen atoms in total. The van der Waals surface area contributed by atoms with Gasteiger partial charge in [-0.3, -0.25) is 9.59 Å². The first-order chi connectivity index (χ1) is 14.2. The summed E-state index contributed by atoms with van der Waals surface area (Å²) in [6.07, 6.45) is 1.63. The van der Waals surface area contributed by atoms with Crippen LogP contribution in [0.1, 0.15) is 31.8 Å². The van der Waals surface area contributed by atoms with Crippen LogP contribution < -0.4 is 0 Å². The van der Waals surface area contributed by atoms with E-state index in [9.17, 15) is 19.8 Å². The van der Waals surface area contributed by atoms with Gasteiger partial charge in [0.25, 0.3) is 0 Å². The van der Waals surface area contributed by atoms with E-state index in [-0.39, 0.29) is 13.2 Å². The number of aliphatic hydroxyl groups excluding tert-OH is 2. The van der Waals surface area contributed by atoms with Crippen molar-refractivity contribution >= 4 is 45.9 Å². The number of carbonyl (C=O) groups is 2. The number of aldehydes is 2. The Labute approximate surface area is 171 Å². The van der Waals surface area contributed by atoms with Crippen LogP contribution in [0.25, 0.3) is 21.5 Å². The lowest BCUT2D eigenvalue weighted by atomic mass is 10.0. The molecule has 2 N–H and O–H groups in total. The van der Waals surface area contributed by atoms with Crippen molar-refractivity contribution in [3.8, 4) is 0 Å². The minimum absolute atomic E-state index is 0.0559. The molecule has 0 bridgehead atoms. The molecule has 0 radical (unpaired) electrons. The van der Waals surface area contributed by atoms with E-state index in [1.165, 1.54) is 11.8 Å². The lowest BCUT2D eigenvalue weighted by Crippen LogP contribution is -1.93. The molecular formula is C24H18O4S. The number of rotatable bonds is 6. The maximum Gasteiger partial charge on any atom is 0.151 e. The molecule has 0 amide bonds. The smallest absolute Gasteiger partial charge is 0.151 e. The molecule has 0 atom stereocenters. The number of fused-ring (bicyclic) bond motifs is 2. The summed E-state index contributed by atoms with van der Waals surface area (Å²) in [4.78, 5) is 25.0. The third-order valence-electron chi connectivity index (χ3n) is 4.95. The highest BCUT2D eigenvalue weighted by atomic mass is 32.2. The van der Waals surface area contributed by atoms with E-state index in [0.29, 0.717) is 11.1 Å². The zero-order chi connectivity index (χ0) is 20.4. The van der Waals surface area contributed by atoms with Crippen LogP contribution in [0, 0.1) is 0 Å². The van der Waals surface area contributed by atoms with Gasteiger partial charge in [-0.25, -0.2) is 0 Å². The fraction of sp³-hybridized carbons (Fsp3) is 0.0833. The van der Waals surface area contributed by atoms with Gasteiger partial charge in [-0.2, -0.15) is 0 Å². The number of carbonyl (C=O) groups excluding carboxylic acids is 2. The maximum absolute atomic E-state index is 11.7. The van der Waals surface area contributed by atoms with Gasteiger partial charge in [-0.15, -0.1) is 0 Å². The quantitative estimate of drug-likeness (QED) is 0.455. The van der Waals surface area contributed by atoms with Gasteiger partial charge in [0.15, 0.2) is 12.6 Å². The van der Waals surface area contributed by atoms with Crippen molar-refractivity contribution in [2.24, 2.45) is 0 Å². The molecule has 0 saturated heterocycles. The lowest BCUT2D eigenvalue weighted by Gasteiger charge is -2.14. The van der Waals surface area contributed by atoms with E-state index < -0.39 is 0 Å². The maximum atomic E-state index is 11.7. The van der Waals surface area contributed by atoms with Gasteiger partial charge >= 0.3 is 0 Å². The molecule has 0 unspecified atom stereocenters. The Hall–Kier alpha value is -2.99. The Morgan fingerprint density at radius 2 is 1.10 bits per heavy atom. The van der Waals surface area contributed by atoms with Crippen molar-refractivity contribution in [2.75, 3.05) is 0 Å². The minimum atomic E-state index is -0.0559. The van der Waals surface area contributed by atoms with Crippen molar-refractivity contribution in [3.05, 3.63) is 82.9 Å². The molecule has 0 aliphatic rings. The zero-order valence-electron chi connectivity index (χ0n) is 15.5. The molecule has 0 aromatic heterocycles. The second-order valence-corrected chi connectivity index (χ2v) is 7.75. The van der Waals surface area contributed by atoms with Crippen LogP contribution in [0.3, 0.4) is 0 Å².